The van der Waals surface area contributed by atoms with E-state index >= 15 is 0 Å². The molecule has 6 nitrogen and oxygen atoms in total. The van der Waals surface area contributed by atoms with Crippen molar-refractivity contribution in [1.29, 1.82) is 0 Å². The van der Waals surface area contributed by atoms with Crippen molar-refractivity contribution in [2.24, 2.45) is 5.92 Å². The standard InChI is InChI=1S/C21H23FN4O2S/c1-2-28-20(27)15-3-4-17-18(11-15)29-19(25-17)16-12-23-21(24-13-16)26-9-6-14(5-8-22)7-10-26/h3-4,11-14H,2,5-10H2,1H3. The molecule has 0 atom stereocenters. The molecule has 1 aliphatic rings. The Morgan fingerprint density at radius 3 is 2.72 bits per heavy atom. The second kappa shape index (κ2) is 8.82. The molecule has 0 unspecified atom stereocenters. The predicted molar refractivity (Wildman–Crippen MR) is 112 cm³/mol. The van der Waals surface area contributed by atoms with E-state index < -0.39 is 0 Å². The summed E-state index contributed by atoms with van der Waals surface area (Å²) in [6.45, 7) is 3.63. The molecule has 152 valence electrons. The first-order valence-electron chi connectivity index (χ1n) is 9.89. The first-order chi connectivity index (χ1) is 14.2. The van der Waals surface area contributed by atoms with Gasteiger partial charge in [0.2, 0.25) is 5.95 Å². The number of carbonyl (C=O) groups is 1. The summed E-state index contributed by atoms with van der Waals surface area (Å²) in [6, 6.07) is 5.37. The highest BCUT2D eigenvalue weighted by Crippen LogP contribution is 2.31. The lowest BCUT2D eigenvalue weighted by atomic mass is 9.94. The summed E-state index contributed by atoms with van der Waals surface area (Å²) in [5.74, 6) is 0.850. The average molecular weight is 415 g/mol. The van der Waals surface area contributed by atoms with Crippen molar-refractivity contribution in [3.63, 3.8) is 0 Å². The van der Waals surface area contributed by atoms with Crippen LogP contribution in [0.25, 0.3) is 20.8 Å². The lowest BCUT2D eigenvalue weighted by Gasteiger charge is -2.31. The van der Waals surface area contributed by atoms with Crippen LogP contribution in [0.15, 0.2) is 30.6 Å². The fourth-order valence-corrected chi connectivity index (χ4v) is 4.54. The summed E-state index contributed by atoms with van der Waals surface area (Å²) < 4.78 is 18.5. The molecule has 1 saturated heterocycles. The Bertz CT molecular complexity index is 984. The molecular weight excluding hydrogens is 391 g/mol. The van der Waals surface area contributed by atoms with Gasteiger partial charge in [-0.15, -0.1) is 11.3 Å². The molecule has 0 aliphatic carbocycles. The van der Waals surface area contributed by atoms with Gasteiger partial charge in [0.05, 0.1) is 29.1 Å². The summed E-state index contributed by atoms with van der Waals surface area (Å²) in [5, 5.41) is 0.814. The number of hydrogen-bond acceptors (Lipinski definition) is 7. The van der Waals surface area contributed by atoms with Crippen molar-refractivity contribution in [2.75, 3.05) is 31.3 Å². The van der Waals surface area contributed by atoms with Crippen LogP contribution in [0.3, 0.4) is 0 Å². The van der Waals surface area contributed by atoms with Gasteiger partial charge in [0.25, 0.3) is 0 Å². The Balaban J connectivity index is 1.49. The molecule has 1 fully saturated rings. The molecule has 1 aromatic carbocycles. The molecule has 0 N–H and O–H groups in total. The second-order valence-electron chi connectivity index (χ2n) is 7.10. The van der Waals surface area contributed by atoms with Gasteiger partial charge in [0.1, 0.15) is 5.01 Å². The van der Waals surface area contributed by atoms with Gasteiger partial charge >= 0.3 is 5.97 Å². The molecule has 0 amide bonds. The van der Waals surface area contributed by atoms with Crippen molar-refractivity contribution in [3.8, 4) is 10.6 Å². The zero-order valence-corrected chi connectivity index (χ0v) is 17.1. The van der Waals surface area contributed by atoms with E-state index in [2.05, 4.69) is 19.9 Å². The lowest BCUT2D eigenvalue weighted by Crippen LogP contribution is -2.34. The molecular formula is C21H23FN4O2S. The number of thiazole rings is 1. The zero-order valence-electron chi connectivity index (χ0n) is 16.3. The molecule has 4 rings (SSSR count). The SMILES string of the molecule is CCOC(=O)c1ccc2nc(-c3cnc(N4CCC(CCF)CC4)nc3)sc2c1. The molecule has 0 spiro atoms. The third-order valence-electron chi connectivity index (χ3n) is 5.20. The van der Waals surface area contributed by atoms with Crippen LogP contribution in [-0.2, 0) is 4.74 Å². The number of alkyl halides is 1. The van der Waals surface area contributed by atoms with E-state index in [1.807, 2.05) is 12.1 Å². The van der Waals surface area contributed by atoms with Crippen LogP contribution in [0.2, 0.25) is 0 Å². The minimum absolute atomic E-state index is 0.237. The fourth-order valence-electron chi connectivity index (χ4n) is 3.56. The van der Waals surface area contributed by atoms with Crippen molar-refractivity contribution < 1.29 is 13.9 Å². The van der Waals surface area contributed by atoms with Gasteiger partial charge in [-0.25, -0.2) is 19.7 Å². The maximum atomic E-state index is 12.5. The number of hydrogen-bond donors (Lipinski definition) is 0. The number of carbonyl (C=O) groups excluding carboxylic acids is 1. The molecule has 1 aliphatic heterocycles. The van der Waals surface area contributed by atoms with E-state index in [-0.39, 0.29) is 12.6 Å². The number of esters is 1. The lowest BCUT2D eigenvalue weighted by molar-refractivity contribution is 0.0526. The van der Waals surface area contributed by atoms with E-state index in [0.717, 1.165) is 46.7 Å². The topological polar surface area (TPSA) is 68.2 Å². The monoisotopic (exact) mass is 414 g/mol. The van der Waals surface area contributed by atoms with Crippen LogP contribution in [0.1, 0.15) is 36.5 Å². The summed E-state index contributed by atoms with van der Waals surface area (Å²) in [7, 11) is 0. The molecule has 29 heavy (non-hydrogen) atoms. The number of nitrogens with zero attached hydrogens (tertiary/aromatic N) is 4. The number of aromatic nitrogens is 3. The molecule has 3 aromatic rings. The first kappa shape index (κ1) is 19.7. The number of halogens is 1. The Labute approximate surface area is 172 Å². The summed E-state index contributed by atoms with van der Waals surface area (Å²) in [6.07, 6.45) is 6.20. The van der Waals surface area contributed by atoms with Crippen molar-refractivity contribution in [3.05, 3.63) is 36.2 Å². The van der Waals surface area contributed by atoms with Gasteiger partial charge in [-0.1, -0.05) is 0 Å². The van der Waals surface area contributed by atoms with Gasteiger partial charge in [-0.2, -0.15) is 0 Å². The Morgan fingerprint density at radius 1 is 1.28 bits per heavy atom. The number of fused-ring (bicyclic) bond motifs is 1. The van der Waals surface area contributed by atoms with Gasteiger partial charge < -0.3 is 9.64 Å². The van der Waals surface area contributed by atoms with Crippen LogP contribution in [0, 0.1) is 5.92 Å². The number of ether oxygens (including phenoxy) is 1. The zero-order chi connectivity index (χ0) is 20.2. The number of rotatable bonds is 6. The summed E-state index contributed by atoms with van der Waals surface area (Å²) in [5.41, 5.74) is 2.20. The highest BCUT2D eigenvalue weighted by Gasteiger charge is 2.21. The van der Waals surface area contributed by atoms with Crippen LogP contribution in [0.4, 0.5) is 10.3 Å². The van der Waals surface area contributed by atoms with Gasteiger partial charge in [0.15, 0.2) is 0 Å². The van der Waals surface area contributed by atoms with Crippen LogP contribution in [-0.4, -0.2) is 47.3 Å². The Hall–Kier alpha value is -2.61. The quantitative estimate of drug-likeness (QED) is 0.553. The smallest absolute Gasteiger partial charge is 0.338 e. The van der Waals surface area contributed by atoms with E-state index in [1.54, 1.807) is 25.4 Å². The number of anilines is 1. The van der Waals surface area contributed by atoms with Crippen LogP contribution >= 0.6 is 11.3 Å². The first-order valence-corrected chi connectivity index (χ1v) is 10.7. The average Bonchev–Trinajstić information content (AvgIpc) is 3.18. The van der Waals surface area contributed by atoms with Gasteiger partial charge in [-0.3, -0.25) is 4.39 Å². The highest BCUT2D eigenvalue weighted by atomic mass is 32.1. The van der Waals surface area contributed by atoms with E-state index in [4.69, 9.17) is 4.74 Å². The minimum Gasteiger partial charge on any atom is -0.462 e. The van der Waals surface area contributed by atoms with Crippen molar-refractivity contribution in [1.82, 2.24) is 15.0 Å². The van der Waals surface area contributed by atoms with Gasteiger partial charge in [0, 0.05) is 31.0 Å². The van der Waals surface area contributed by atoms with Crippen molar-refractivity contribution in [2.45, 2.75) is 26.2 Å². The minimum atomic E-state index is -0.327. The third kappa shape index (κ3) is 4.37. The number of benzene rings is 1. The predicted octanol–water partition coefficient (Wildman–Crippen LogP) is 4.51. The second-order valence-corrected chi connectivity index (χ2v) is 8.13. The highest BCUT2D eigenvalue weighted by molar-refractivity contribution is 7.21. The molecule has 0 bridgehead atoms. The summed E-state index contributed by atoms with van der Waals surface area (Å²) in [4.78, 5) is 27.8. The van der Waals surface area contributed by atoms with E-state index in [9.17, 15) is 9.18 Å². The number of piperidine rings is 1. The van der Waals surface area contributed by atoms with Crippen molar-refractivity contribution >= 4 is 33.5 Å². The van der Waals surface area contributed by atoms with Crippen LogP contribution in [0.5, 0.6) is 0 Å². The molecule has 0 radical (unpaired) electrons. The molecule has 0 saturated carbocycles. The van der Waals surface area contributed by atoms with Crippen LogP contribution < -0.4 is 4.90 Å². The van der Waals surface area contributed by atoms with Gasteiger partial charge in [-0.05, 0) is 50.3 Å². The fraction of sp³-hybridized carbons (Fsp3) is 0.429. The maximum absolute atomic E-state index is 12.5. The Kier molecular flexibility index (Phi) is 5.99. The van der Waals surface area contributed by atoms with E-state index in [1.165, 1.54) is 11.3 Å². The van der Waals surface area contributed by atoms with E-state index in [0.29, 0.717) is 30.5 Å². The molecule has 2 aromatic heterocycles. The normalized spacial score (nSPS) is 15.0. The molecule has 8 heteroatoms. The molecule has 3 heterocycles. The maximum Gasteiger partial charge on any atom is 0.338 e. The Morgan fingerprint density at radius 2 is 2.03 bits per heavy atom. The largest absolute Gasteiger partial charge is 0.462 e. The third-order valence-corrected chi connectivity index (χ3v) is 6.27. The summed E-state index contributed by atoms with van der Waals surface area (Å²) >= 11 is 1.50.